The molecule has 0 radical (unpaired) electrons. The minimum atomic E-state index is -0.363. The van der Waals surface area contributed by atoms with E-state index in [0.717, 1.165) is 33.3 Å². The number of carbonyl (C=O) groups excluding carboxylic acids is 1. The molecule has 10 heteroatoms. The zero-order valence-corrected chi connectivity index (χ0v) is 14.9. The highest BCUT2D eigenvalue weighted by Crippen LogP contribution is 2.32. The summed E-state index contributed by atoms with van der Waals surface area (Å²) < 4.78 is 1.90. The van der Waals surface area contributed by atoms with Crippen molar-refractivity contribution in [3.63, 3.8) is 0 Å². The summed E-state index contributed by atoms with van der Waals surface area (Å²) in [6.07, 6.45) is 0. The fourth-order valence-corrected chi connectivity index (χ4v) is 4.58. The molecule has 1 aromatic carbocycles. The summed E-state index contributed by atoms with van der Waals surface area (Å²) in [6.45, 7) is 0. The molecule has 2 heterocycles. The predicted octanol–water partition coefficient (Wildman–Crippen LogP) is 3.66. The lowest BCUT2D eigenvalue weighted by atomic mass is 10.3. The Morgan fingerprint density at radius 3 is 2.78 bits per heavy atom. The summed E-state index contributed by atoms with van der Waals surface area (Å²) in [5.74, 6) is 0. The van der Waals surface area contributed by atoms with Crippen LogP contribution in [0.1, 0.15) is 5.69 Å². The van der Waals surface area contributed by atoms with E-state index in [9.17, 15) is 4.79 Å². The first kappa shape index (κ1) is 16.2. The van der Waals surface area contributed by atoms with Crippen LogP contribution in [0.2, 0.25) is 4.34 Å². The van der Waals surface area contributed by atoms with Crippen LogP contribution in [0.25, 0.3) is 10.2 Å². The largest absolute Gasteiger partial charge is 0.398 e. The van der Waals surface area contributed by atoms with E-state index >= 15 is 0 Å². The molecular formula is C13H9ClN4O2S3. The minimum absolute atomic E-state index is 0.00899. The smallest absolute Gasteiger partial charge is 0.250 e. The van der Waals surface area contributed by atoms with Crippen molar-refractivity contribution in [2.75, 3.05) is 12.8 Å². The van der Waals surface area contributed by atoms with Gasteiger partial charge < -0.3 is 10.6 Å². The molecule has 2 aromatic heterocycles. The van der Waals surface area contributed by atoms with Crippen LogP contribution >= 0.6 is 46.0 Å². The zero-order chi connectivity index (χ0) is 16.4. The lowest BCUT2D eigenvalue weighted by Gasteiger charge is -2.00. The van der Waals surface area contributed by atoms with E-state index in [0.29, 0.717) is 4.34 Å². The van der Waals surface area contributed by atoms with Gasteiger partial charge >= 0.3 is 0 Å². The van der Waals surface area contributed by atoms with Gasteiger partial charge in [0, 0.05) is 0 Å². The van der Waals surface area contributed by atoms with Crippen LogP contribution in [0, 0.1) is 0 Å². The fraction of sp³-hybridized carbons (Fsp3) is 0.0769. The van der Waals surface area contributed by atoms with Crippen molar-refractivity contribution >= 4 is 72.2 Å². The molecule has 6 nitrogen and oxygen atoms in total. The van der Waals surface area contributed by atoms with E-state index in [1.54, 1.807) is 0 Å². The molecule has 0 fully saturated rings. The van der Waals surface area contributed by atoms with Crippen LogP contribution < -0.4 is 5.73 Å². The van der Waals surface area contributed by atoms with Gasteiger partial charge in [0.05, 0.1) is 10.2 Å². The second-order valence-corrected chi connectivity index (χ2v) is 8.02. The van der Waals surface area contributed by atoms with Gasteiger partial charge in [0.15, 0.2) is 15.2 Å². The van der Waals surface area contributed by atoms with Gasteiger partial charge in [-0.05, 0) is 23.9 Å². The number of halogens is 1. The summed E-state index contributed by atoms with van der Waals surface area (Å²) in [5, 5.41) is 3.64. The Morgan fingerprint density at radius 2 is 2.13 bits per heavy atom. The Balaban J connectivity index is 1.90. The number of anilines is 1. The molecule has 0 saturated carbocycles. The highest BCUT2D eigenvalue weighted by Gasteiger charge is 2.24. The average molecular weight is 385 g/mol. The van der Waals surface area contributed by atoms with Gasteiger partial charge in [-0.1, -0.05) is 40.2 Å². The fourth-order valence-electron chi connectivity index (χ4n) is 1.75. The summed E-state index contributed by atoms with van der Waals surface area (Å²) >= 11 is 9.50. The van der Waals surface area contributed by atoms with Gasteiger partial charge in [-0.2, -0.15) is 0 Å². The molecule has 3 aromatic rings. The number of nitrogen functional groups attached to an aromatic ring is 1. The molecule has 2 N–H and O–H groups in total. The first-order valence-electron chi connectivity index (χ1n) is 6.19. The summed E-state index contributed by atoms with van der Waals surface area (Å²) in [5.41, 5.74) is 6.68. The molecule has 0 saturated heterocycles. The molecule has 0 atom stereocenters. The molecule has 0 aliphatic heterocycles. The Labute approximate surface area is 148 Å². The van der Waals surface area contributed by atoms with Crippen molar-refractivity contribution < 1.29 is 9.63 Å². The number of benzene rings is 1. The van der Waals surface area contributed by atoms with E-state index in [1.165, 1.54) is 18.4 Å². The number of oxime groups is 1. The van der Waals surface area contributed by atoms with Gasteiger partial charge in [0.25, 0.3) is 0 Å². The molecule has 0 aliphatic rings. The molecule has 0 spiro atoms. The number of nitrogens with zero attached hydrogens (tertiary/aromatic N) is 3. The van der Waals surface area contributed by atoms with E-state index in [4.69, 9.17) is 22.2 Å². The minimum Gasteiger partial charge on any atom is -0.398 e. The van der Waals surface area contributed by atoms with Crippen molar-refractivity contribution in [1.29, 1.82) is 0 Å². The third kappa shape index (κ3) is 3.47. The Kier molecular flexibility index (Phi) is 4.81. The number of thiazole rings is 2. The summed E-state index contributed by atoms with van der Waals surface area (Å²) in [7, 11) is 1.35. The van der Waals surface area contributed by atoms with Crippen LogP contribution in [0.15, 0.2) is 33.8 Å². The first-order valence-corrected chi connectivity index (χ1v) is 9.02. The number of thioether (sulfide) groups is 1. The van der Waals surface area contributed by atoms with Crippen molar-refractivity contribution in [2.45, 2.75) is 4.34 Å². The summed E-state index contributed by atoms with van der Waals surface area (Å²) in [6, 6.07) is 7.66. The van der Waals surface area contributed by atoms with Crippen molar-refractivity contribution in [1.82, 2.24) is 9.97 Å². The third-order valence-electron chi connectivity index (χ3n) is 2.66. The van der Waals surface area contributed by atoms with E-state index < -0.39 is 0 Å². The maximum atomic E-state index is 12.5. The van der Waals surface area contributed by atoms with E-state index in [-0.39, 0.29) is 26.0 Å². The number of carbonyl (C=O) groups is 1. The zero-order valence-electron chi connectivity index (χ0n) is 11.6. The van der Waals surface area contributed by atoms with Crippen molar-refractivity contribution in [3.05, 3.63) is 34.3 Å². The molecular weight excluding hydrogens is 376 g/mol. The number of hydrogen-bond acceptors (Lipinski definition) is 9. The molecule has 0 unspecified atom stereocenters. The Morgan fingerprint density at radius 1 is 1.35 bits per heavy atom. The number of para-hydroxylation sites is 1. The first-order chi connectivity index (χ1) is 11.1. The van der Waals surface area contributed by atoms with Crippen LogP contribution in [-0.4, -0.2) is 27.9 Å². The molecule has 0 bridgehead atoms. The lowest BCUT2D eigenvalue weighted by molar-refractivity contribution is -0.105. The van der Waals surface area contributed by atoms with Crippen LogP contribution in [0.4, 0.5) is 5.13 Å². The predicted molar refractivity (Wildman–Crippen MR) is 95.6 cm³/mol. The molecule has 118 valence electrons. The van der Waals surface area contributed by atoms with Crippen LogP contribution in [0.3, 0.4) is 0 Å². The molecule has 0 amide bonds. The normalized spacial score (nSPS) is 11.8. The van der Waals surface area contributed by atoms with Gasteiger partial charge in [0.2, 0.25) is 5.12 Å². The summed E-state index contributed by atoms with van der Waals surface area (Å²) in [4.78, 5) is 25.7. The molecule has 23 heavy (non-hydrogen) atoms. The number of rotatable bonds is 4. The number of hydrogen-bond donors (Lipinski definition) is 1. The van der Waals surface area contributed by atoms with Crippen molar-refractivity contribution in [2.24, 2.45) is 5.16 Å². The second kappa shape index (κ2) is 6.83. The number of nitrogens with two attached hydrogens (primary N) is 1. The van der Waals surface area contributed by atoms with Crippen LogP contribution in [-0.2, 0) is 9.63 Å². The Hall–Kier alpha value is -1.68. The van der Waals surface area contributed by atoms with E-state index in [2.05, 4.69) is 15.1 Å². The number of fused-ring (bicyclic) bond motifs is 1. The quantitative estimate of drug-likeness (QED) is 0.419. The number of aromatic nitrogens is 2. The Bertz CT molecular complexity index is 873. The standard InChI is InChI=1S/C13H9ClN4O2S3/c1-20-18-9(8-10(14)22-12(15)17-8)11(19)23-13-16-6-4-2-3-5-7(6)21-13/h2-5H,1H3,(H2,15,17)/b18-9-. The maximum Gasteiger partial charge on any atom is 0.250 e. The van der Waals surface area contributed by atoms with E-state index in [1.807, 2.05) is 24.3 Å². The van der Waals surface area contributed by atoms with Gasteiger partial charge in [-0.25, -0.2) is 9.97 Å². The maximum absolute atomic E-state index is 12.5. The van der Waals surface area contributed by atoms with Gasteiger partial charge in [0.1, 0.15) is 17.1 Å². The SMILES string of the molecule is CO/N=C(\C(=O)Sc1nc2ccccc2s1)c1nc(N)sc1Cl. The lowest BCUT2D eigenvalue weighted by Crippen LogP contribution is -2.13. The highest BCUT2D eigenvalue weighted by molar-refractivity contribution is 8.16. The molecule has 0 aliphatic carbocycles. The average Bonchev–Trinajstić information content (AvgIpc) is 3.06. The van der Waals surface area contributed by atoms with Crippen LogP contribution in [0.5, 0.6) is 0 Å². The topological polar surface area (TPSA) is 90.5 Å². The van der Waals surface area contributed by atoms with Gasteiger partial charge in [-0.15, -0.1) is 11.3 Å². The highest BCUT2D eigenvalue weighted by atomic mass is 35.5. The monoisotopic (exact) mass is 384 g/mol. The van der Waals surface area contributed by atoms with Crippen molar-refractivity contribution in [3.8, 4) is 0 Å². The van der Waals surface area contributed by atoms with Gasteiger partial charge in [-0.3, -0.25) is 4.79 Å². The molecule has 3 rings (SSSR count). The third-order valence-corrected chi connectivity index (χ3v) is 5.72. The second-order valence-electron chi connectivity index (χ2n) is 4.13.